The molecule has 1 N–H and O–H groups in total. The normalized spacial score (nSPS) is 15.5. The number of halogens is 3. The zero-order valence-corrected chi connectivity index (χ0v) is 18.1. The minimum Gasteiger partial charge on any atom is -0.484 e. The fraction of sp³-hybridized carbons (Fsp3) is 0.619. The quantitative estimate of drug-likeness (QED) is 0.652. The molecule has 7 nitrogen and oxygen atoms in total. The topological polar surface area (TPSA) is 71.1 Å². The number of benzene rings is 1. The minimum atomic E-state index is -4.40. The van der Waals surface area contributed by atoms with Crippen LogP contribution in [0.25, 0.3) is 0 Å². The van der Waals surface area contributed by atoms with Crippen LogP contribution in [-0.4, -0.2) is 79.5 Å². The van der Waals surface area contributed by atoms with Crippen molar-refractivity contribution in [3.8, 4) is 5.75 Å². The molecule has 1 aromatic rings. The third kappa shape index (κ3) is 9.46. The standard InChI is InChI=1S/C21H30F3N3O4/c1-20(2,3)31-19(29)27-13-11-26(12-14-27)10-4-9-25-18(28)16-5-7-17(8-6-16)30-15-21(22,23)24/h5-8H,4,9-15H2,1-3H3,(H,25,28). The van der Waals surface area contributed by atoms with Crippen LogP contribution >= 0.6 is 0 Å². The van der Waals surface area contributed by atoms with Crippen LogP contribution in [0.2, 0.25) is 0 Å². The fourth-order valence-corrected chi connectivity index (χ4v) is 2.95. The van der Waals surface area contributed by atoms with Crippen molar-refractivity contribution < 1.29 is 32.2 Å². The molecule has 1 saturated heterocycles. The molecule has 2 rings (SSSR count). The van der Waals surface area contributed by atoms with Crippen molar-refractivity contribution in [2.75, 3.05) is 45.9 Å². The predicted octanol–water partition coefficient (Wildman–Crippen LogP) is 3.30. The van der Waals surface area contributed by atoms with Gasteiger partial charge in [-0.3, -0.25) is 9.69 Å². The van der Waals surface area contributed by atoms with E-state index >= 15 is 0 Å². The summed E-state index contributed by atoms with van der Waals surface area (Å²) in [6.07, 6.45) is -3.96. The van der Waals surface area contributed by atoms with Gasteiger partial charge in [0.05, 0.1) is 0 Å². The van der Waals surface area contributed by atoms with E-state index in [9.17, 15) is 22.8 Å². The lowest BCUT2D eigenvalue weighted by atomic mass is 10.2. The van der Waals surface area contributed by atoms with E-state index in [1.807, 2.05) is 20.8 Å². The van der Waals surface area contributed by atoms with Gasteiger partial charge < -0.3 is 19.7 Å². The van der Waals surface area contributed by atoms with Crippen LogP contribution in [0.1, 0.15) is 37.6 Å². The molecule has 10 heteroatoms. The Morgan fingerprint density at radius 1 is 1.03 bits per heavy atom. The molecule has 0 atom stereocenters. The van der Waals surface area contributed by atoms with Gasteiger partial charge in [0.25, 0.3) is 5.91 Å². The van der Waals surface area contributed by atoms with E-state index in [2.05, 4.69) is 15.0 Å². The number of piperazine rings is 1. The number of ether oxygens (including phenoxy) is 2. The molecular formula is C21H30F3N3O4. The monoisotopic (exact) mass is 445 g/mol. The molecule has 0 spiro atoms. The number of nitrogens with one attached hydrogen (secondary N) is 1. The summed E-state index contributed by atoms with van der Waals surface area (Å²) in [6.45, 7) is 8.09. The van der Waals surface area contributed by atoms with E-state index in [1.165, 1.54) is 24.3 Å². The predicted molar refractivity (Wildman–Crippen MR) is 109 cm³/mol. The highest BCUT2D eigenvalue weighted by Gasteiger charge is 2.28. The van der Waals surface area contributed by atoms with Crippen molar-refractivity contribution in [1.29, 1.82) is 0 Å². The molecular weight excluding hydrogens is 415 g/mol. The van der Waals surface area contributed by atoms with Gasteiger partial charge in [-0.1, -0.05) is 0 Å². The van der Waals surface area contributed by atoms with Crippen molar-refractivity contribution in [1.82, 2.24) is 15.1 Å². The molecule has 0 unspecified atom stereocenters. The third-order valence-electron chi connectivity index (χ3n) is 4.48. The Bertz CT molecular complexity index is 725. The lowest BCUT2D eigenvalue weighted by Gasteiger charge is -2.35. The Hall–Kier alpha value is -2.49. The van der Waals surface area contributed by atoms with Crippen molar-refractivity contribution in [2.45, 2.75) is 39.0 Å². The first kappa shape index (κ1) is 24.8. The number of rotatable bonds is 7. The van der Waals surface area contributed by atoms with E-state index in [1.54, 1.807) is 4.90 Å². The van der Waals surface area contributed by atoms with Gasteiger partial charge in [0.2, 0.25) is 0 Å². The minimum absolute atomic E-state index is 0.0550. The summed E-state index contributed by atoms with van der Waals surface area (Å²) in [6, 6.07) is 5.53. The molecule has 1 aromatic carbocycles. The molecule has 1 aliphatic heterocycles. The second-order valence-electron chi connectivity index (χ2n) is 8.35. The highest BCUT2D eigenvalue weighted by Crippen LogP contribution is 2.19. The van der Waals surface area contributed by atoms with Crippen LogP contribution in [0, 0.1) is 0 Å². The van der Waals surface area contributed by atoms with Gasteiger partial charge in [-0.05, 0) is 58.0 Å². The molecule has 1 fully saturated rings. The van der Waals surface area contributed by atoms with Gasteiger partial charge in [-0.15, -0.1) is 0 Å². The van der Waals surface area contributed by atoms with Gasteiger partial charge in [0.1, 0.15) is 11.4 Å². The van der Waals surface area contributed by atoms with Crippen molar-refractivity contribution in [3.63, 3.8) is 0 Å². The Labute approximate surface area is 180 Å². The Morgan fingerprint density at radius 3 is 2.19 bits per heavy atom. The van der Waals surface area contributed by atoms with Crippen molar-refractivity contribution in [2.24, 2.45) is 0 Å². The van der Waals surface area contributed by atoms with Crippen LogP contribution < -0.4 is 10.1 Å². The average Bonchev–Trinajstić information content (AvgIpc) is 2.68. The molecule has 0 bridgehead atoms. The molecule has 31 heavy (non-hydrogen) atoms. The van der Waals surface area contributed by atoms with Gasteiger partial charge in [-0.2, -0.15) is 13.2 Å². The molecule has 0 saturated carbocycles. The van der Waals surface area contributed by atoms with E-state index in [0.29, 0.717) is 25.2 Å². The SMILES string of the molecule is CC(C)(C)OC(=O)N1CCN(CCCNC(=O)c2ccc(OCC(F)(F)F)cc2)CC1. The van der Waals surface area contributed by atoms with Gasteiger partial charge in [0, 0.05) is 38.3 Å². The summed E-state index contributed by atoms with van der Waals surface area (Å²) in [5.74, 6) is -0.239. The zero-order valence-electron chi connectivity index (χ0n) is 18.1. The van der Waals surface area contributed by atoms with E-state index < -0.39 is 18.4 Å². The zero-order chi connectivity index (χ0) is 23.1. The molecule has 0 radical (unpaired) electrons. The fourth-order valence-electron chi connectivity index (χ4n) is 2.95. The van der Waals surface area contributed by atoms with Crippen molar-refractivity contribution in [3.05, 3.63) is 29.8 Å². The highest BCUT2D eigenvalue weighted by molar-refractivity contribution is 5.94. The summed E-state index contributed by atoms with van der Waals surface area (Å²) < 4.78 is 46.5. The Morgan fingerprint density at radius 2 is 1.65 bits per heavy atom. The number of amides is 2. The van der Waals surface area contributed by atoms with Gasteiger partial charge >= 0.3 is 12.3 Å². The maximum atomic E-state index is 12.2. The molecule has 1 heterocycles. The van der Waals surface area contributed by atoms with Crippen LogP contribution in [-0.2, 0) is 4.74 Å². The maximum Gasteiger partial charge on any atom is 0.422 e. The Kier molecular flexibility index (Phi) is 8.55. The molecule has 1 aliphatic rings. The lowest BCUT2D eigenvalue weighted by molar-refractivity contribution is -0.153. The Balaban J connectivity index is 1.63. The van der Waals surface area contributed by atoms with E-state index in [0.717, 1.165) is 26.1 Å². The largest absolute Gasteiger partial charge is 0.484 e. The molecule has 174 valence electrons. The summed E-state index contributed by atoms with van der Waals surface area (Å²) in [4.78, 5) is 28.1. The van der Waals surface area contributed by atoms with E-state index in [4.69, 9.17) is 4.74 Å². The second kappa shape index (κ2) is 10.7. The number of nitrogens with zero attached hydrogens (tertiary/aromatic N) is 2. The number of carbonyl (C=O) groups excluding carboxylic acids is 2. The molecule has 2 amide bonds. The molecule has 0 aromatic heterocycles. The number of hydrogen-bond donors (Lipinski definition) is 1. The van der Waals surface area contributed by atoms with Crippen LogP contribution in [0.3, 0.4) is 0 Å². The summed E-state index contributed by atoms with van der Waals surface area (Å²) in [7, 11) is 0. The van der Waals surface area contributed by atoms with E-state index in [-0.39, 0.29) is 17.7 Å². The van der Waals surface area contributed by atoms with Crippen molar-refractivity contribution >= 4 is 12.0 Å². The average molecular weight is 445 g/mol. The smallest absolute Gasteiger partial charge is 0.422 e. The van der Waals surface area contributed by atoms with Crippen LogP contribution in [0.5, 0.6) is 5.75 Å². The van der Waals surface area contributed by atoms with Gasteiger partial charge in [0.15, 0.2) is 6.61 Å². The van der Waals surface area contributed by atoms with Crippen LogP contribution in [0.15, 0.2) is 24.3 Å². The first-order valence-corrected chi connectivity index (χ1v) is 10.2. The first-order chi connectivity index (χ1) is 14.4. The van der Waals surface area contributed by atoms with Crippen LogP contribution in [0.4, 0.5) is 18.0 Å². The summed E-state index contributed by atoms with van der Waals surface area (Å²) in [5, 5.41) is 2.80. The number of hydrogen-bond acceptors (Lipinski definition) is 5. The number of alkyl halides is 3. The van der Waals surface area contributed by atoms with Gasteiger partial charge in [-0.25, -0.2) is 4.79 Å². The summed E-state index contributed by atoms with van der Waals surface area (Å²) in [5.41, 5.74) is -0.159. The second-order valence-corrected chi connectivity index (χ2v) is 8.35. The molecule has 0 aliphatic carbocycles. The maximum absolute atomic E-state index is 12.2. The first-order valence-electron chi connectivity index (χ1n) is 10.2. The third-order valence-corrected chi connectivity index (χ3v) is 4.48. The number of carbonyl (C=O) groups is 2. The lowest BCUT2D eigenvalue weighted by Crippen LogP contribution is -2.50. The highest BCUT2D eigenvalue weighted by atomic mass is 19.4. The summed E-state index contributed by atoms with van der Waals surface area (Å²) >= 11 is 0.